The van der Waals surface area contributed by atoms with Gasteiger partial charge < -0.3 is 4.52 Å². The number of anilines is 1. The molecule has 2 heterocycles. The summed E-state index contributed by atoms with van der Waals surface area (Å²) in [6.45, 7) is 3.79. The second-order valence-corrected chi connectivity index (χ2v) is 7.36. The summed E-state index contributed by atoms with van der Waals surface area (Å²) in [5, 5.41) is 15.0. The lowest BCUT2D eigenvalue weighted by atomic mass is 10.2. The molecule has 0 aliphatic heterocycles. The Morgan fingerprint density at radius 1 is 1.31 bits per heavy atom. The van der Waals surface area contributed by atoms with Gasteiger partial charge in [-0.3, -0.25) is 14.7 Å². The maximum atomic E-state index is 12.8. The van der Waals surface area contributed by atoms with Gasteiger partial charge in [0, 0.05) is 17.0 Å². The van der Waals surface area contributed by atoms with Gasteiger partial charge in [0.05, 0.1) is 17.0 Å². The highest BCUT2D eigenvalue weighted by Crippen LogP contribution is 2.38. The van der Waals surface area contributed by atoms with E-state index >= 15 is 0 Å². The van der Waals surface area contributed by atoms with E-state index in [1.165, 1.54) is 0 Å². The van der Waals surface area contributed by atoms with Crippen LogP contribution in [-0.4, -0.2) is 25.8 Å². The fourth-order valence-corrected chi connectivity index (χ4v) is 3.73. The van der Waals surface area contributed by atoms with E-state index in [0.29, 0.717) is 23.3 Å². The first-order chi connectivity index (χ1) is 12.6. The summed E-state index contributed by atoms with van der Waals surface area (Å²) in [4.78, 5) is 13.7. The quantitative estimate of drug-likeness (QED) is 0.666. The summed E-state index contributed by atoms with van der Waals surface area (Å²) < 4.78 is 7.25. The Balaban J connectivity index is 1.51. The molecule has 1 N–H and O–H groups in total. The van der Waals surface area contributed by atoms with E-state index in [2.05, 4.69) is 20.7 Å². The van der Waals surface area contributed by atoms with Crippen LogP contribution in [0, 0.1) is 13.8 Å². The number of thioether (sulfide) groups is 1. The van der Waals surface area contributed by atoms with Gasteiger partial charge in [0.2, 0.25) is 5.95 Å². The van der Waals surface area contributed by atoms with E-state index < -0.39 is 0 Å². The van der Waals surface area contributed by atoms with Crippen LogP contribution in [0.2, 0.25) is 0 Å². The number of benzene rings is 1. The molecular formula is C18H19N5O2S. The number of amides is 1. The number of carbonyl (C=O) groups excluding carboxylic acids is 1. The summed E-state index contributed by atoms with van der Waals surface area (Å²) in [7, 11) is 0. The molecule has 1 aromatic carbocycles. The molecule has 134 valence electrons. The summed E-state index contributed by atoms with van der Waals surface area (Å²) in [5.74, 6) is 2.55. The largest absolute Gasteiger partial charge is 0.360 e. The molecule has 1 aliphatic carbocycles. The number of nitrogens with zero attached hydrogens (tertiary/aromatic N) is 4. The van der Waals surface area contributed by atoms with E-state index in [4.69, 9.17) is 4.52 Å². The zero-order chi connectivity index (χ0) is 18.1. The van der Waals surface area contributed by atoms with E-state index in [-0.39, 0.29) is 5.91 Å². The van der Waals surface area contributed by atoms with Crippen molar-refractivity contribution in [3.63, 3.8) is 0 Å². The zero-order valence-corrected chi connectivity index (χ0v) is 15.4. The number of nitrogens with one attached hydrogen (secondary N) is 1. The van der Waals surface area contributed by atoms with Crippen LogP contribution in [0.25, 0.3) is 0 Å². The molecule has 0 radical (unpaired) electrons. The first-order valence-corrected chi connectivity index (χ1v) is 9.47. The average Bonchev–Trinajstić information content (AvgIpc) is 3.28. The molecule has 0 spiro atoms. The number of aryl methyl sites for hydroxylation is 2. The summed E-state index contributed by atoms with van der Waals surface area (Å²) in [5.41, 5.74) is 1.46. The van der Waals surface area contributed by atoms with Crippen LogP contribution in [0.3, 0.4) is 0 Å². The maximum Gasteiger partial charge on any atom is 0.259 e. The first kappa shape index (κ1) is 16.8. The maximum absolute atomic E-state index is 12.8. The Bertz CT molecular complexity index is 945. The second-order valence-electron chi connectivity index (χ2n) is 6.35. The summed E-state index contributed by atoms with van der Waals surface area (Å²) in [6.07, 6.45) is 2.20. The van der Waals surface area contributed by atoms with Crippen molar-refractivity contribution >= 4 is 23.6 Å². The molecule has 0 unspecified atom stereocenters. The normalized spacial score (nSPS) is 13.8. The monoisotopic (exact) mass is 369 g/mol. The lowest BCUT2D eigenvalue weighted by Gasteiger charge is -2.10. The Morgan fingerprint density at radius 2 is 2.12 bits per heavy atom. The zero-order valence-electron chi connectivity index (χ0n) is 14.6. The van der Waals surface area contributed by atoms with Crippen LogP contribution < -0.4 is 5.32 Å². The van der Waals surface area contributed by atoms with E-state index in [0.717, 1.165) is 35.0 Å². The van der Waals surface area contributed by atoms with Crippen molar-refractivity contribution in [3.05, 3.63) is 53.2 Å². The highest BCUT2D eigenvalue weighted by Gasteiger charge is 2.29. The van der Waals surface area contributed by atoms with E-state index in [1.54, 1.807) is 11.8 Å². The van der Waals surface area contributed by atoms with Crippen LogP contribution in [-0.2, 0) is 5.75 Å². The Morgan fingerprint density at radius 3 is 2.85 bits per heavy atom. The molecule has 1 fully saturated rings. The van der Waals surface area contributed by atoms with Gasteiger partial charge in [0.15, 0.2) is 0 Å². The van der Waals surface area contributed by atoms with Gasteiger partial charge in [-0.2, -0.15) is 0 Å². The van der Waals surface area contributed by atoms with Gasteiger partial charge >= 0.3 is 0 Å². The number of aromatic nitrogens is 4. The number of carbonyl (C=O) groups is 1. The van der Waals surface area contributed by atoms with Gasteiger partial charge in [0.1, 0.15) is 11.6 Å². The third-order valence-electron chi connectivity index (χ3n) is 4.18. The van der Waals surface area contributed by atoms with Crippen molar-refractivity contribution in [2.75, 3.05) is 5.32 Å². The van der Waals surface area contributed by atoms with Crippen molar-refractivity contribution in [2.45, 2.75) is 43.4 Å². The van der Waals surface area contributed by atoms with Crippen LogP contribution >= 0.6 is 11.8 Å². The van der Waals surface area contributed by atoms with E-state index in [9.17, 15) is 4.79 Å². The molecule has 26 heavy (non-hydrogen) atoms. The Kier molecular flexibility index (Phi) is 4.50. The number of hydrogen-bond acceptors (Lipinski definition) is 6. The second kappa shape index (κ2) is 6.95. The predicted octanol–water partition coefficient (Wildman–Crippen LogP) is 3.76. The van der Waals surface area contributed by atoms with E-state index in [1.807, 2.05) is 48.7 Å². The fraction of sp³-hybridized carbons (Fsp3) is 0.333. The van der Waals surface area contributed by atoms with Crippen LogP contribution in [0.15, 0.2) is 39.8 Å². The van der Waals surface area contributed by atoms with Crippen LogP contribution in [0.1, 0.15) is 46.5 Å². The highest BCUT2D eigenvalue weighted by molar-refractivity contribution is 7.98. The van der Waals surface area contributed by atoms with Crippen molar-refractivity contribution in [3.8, 4) is 0 Å². The van der Waals surface area contributed by atoms with Gasteiger partial charge in [-0.15, -0.1) is 22.0 Å². The number of hydrogen-bond donors (Lipinski definition) is 1. The minimum atomic E-state index is -0.184. The van der Waals surface area contributed by atoms with Crippen LogP contribution in [0.4, 0.5) is 5.95 Å². The summed E-state index contributed by atoms with van der Waals surface area (Å²) >= 11 is 1.54. The molecule has 1 amide bonds. The number of rotatable bonds is 6. The van der Waals surface area contributed by atoms with Crippen LogP contribution in [0.5, 0.6) is 0 Å². The molecule has 4 rings (SSSR count). The smallest absolute Gasteiger partial charge is 0.259 e. The fourth-order valence-electron chi connectivity index (χ4n) is 2.81. The lowest BCUT2D eigenvalue weighted by Crippen LogP contribution is -2.17. The van der Waals surface area contributed by atoms with Crippen molar-refractivity contribution in [1.82, 2.24) is 19.9 Å². The molecule has 7 nitrogen and oxygen atoms in total. The minimum absolute atomic E-state index is 0.184. The van der Waals surface area contributed by atoms with Crippen molar-refractivity contribution < 1.29 is 9.32 Å². The van der Waals surface area contributed by atoms with Gasteiger partial charge in [-0.05, 0) is 38.8 Å². The highest BCUT2D eigenvalue weighted by atomic mass is 32.2. The average molecular weight is 369 g/mol. The molecule has 3 aromatic rings. The Labute approximate surface area is 155 Å². The topological polar surface area (TPSA) is 85.8 Å². The molecule has 0 atom stereocenters. The molecule has 0 saturated heterocycles. The molecule has 2 aromatic heterocycles. The van der Waals surface area contributed by atoms with Gasteiger partial charge in [-0.25, -0.2) is 0 Å². The third kappa shape index (κ3) is 3.50. The molecule has 8 heteroatoms. The molecule has 1 aliphatic rings. The molecule has 1 saturated carbocycles. The predicted molar refractivity (Wildman–Crippen MR) is 98.2 cm³/mol. The molecular weight excluding hydrogens is 350 g/mol. The first-order valence-electron chi connectivity index (χ1n) is 8.48. The van der Waals surface area contributed by atoms with Gasteiger partial charge in [-0.1, -0.05) is 17.3 Å². The lowest BCUT2D eigenvalue weighted by molar-refractivity contribution is 0.102. The summed E-state index contributed by atoms with van der Waals surface area (Å²) in [6, 6.07) is 9.82. The van der Waals surface area contributed by atoms with Crippen molar-refractivity contribution in [2.24, 2.45) is 0 Å². The standard InChI is InChI=1S/C18H19N5O2S/c1-11-9-14(25-22-11)10-26-16-6-4-3-5-15(16)17(24)19-18-21-20-12(2)23(18)13-7-8-13/h3-6,9,13H,7-8,10H2,1-2H3,(H,19,21,24). The SMILES string of the molecule is Cc1cc(CSc2ccccc2C(=O)Nc2nnc(C)n2C2CC2)on1. The third-order valence-corrected chi connectivity index (χ3v) is 5.28. The Hall–Kier alpha value is -2.61. The minimum Gasteiger partial charge on any atom is -0.360 e. The van der Waals surface area contributed by atoms with Crippen molar-refractivity contribution in [1.29, 1.82) is 0 Å². The molecule has 0 bridgehead atoms. The van der Waals surface area contributed by atoms with Gasteiger partial charge in [0.25, 0.3) is 5.91 Å².